The smallest absolute Gasteiger partial charge is 0.287 e. The third-order valence-electron chi connectivity index (χ3n) is 10.5. The van der Waals surface area contributed by atoms with Gasteiger partial charge in [-0.15, -0.1) is 11.5 Å². The van der Waals surface area contributed by atoms with Crippen LogP contribution in [0.4, 0.5) is 0 Å². The fourth-order valence-electron chi connectivity index (χ4n) is 7.54. The molecule has 0 unspecified atom stereocenters. The lowest BCUT2D eigenvalue weighted by atomic mass is 9.84. The summed E-state index contributed by atoms with van der Waals surface area (Å²) in [5.41, 5.74) is 2.84. The summed E-state index contributed by atoms with van der Waals surface area (Å²) in [6.45, 7) is 3.02. The number of nitrogens with zero attached hydrogens (tertiary/aromatic N) is 4. The van der Waals surface area contributed by atoms with Gasteiger partial charge in [-0.2, -0.15) is 4.72 Å². The van der Waals surface area contributed by atoms with Gasteiger partial charge in [-0.1, -0.05) is 43.2 Å². The first-order valence-electron chi connectivity index (χ1n) is 18.1. The van der Waals surface area contributed by atoms with Crippen molar-refractivity contribution in [1.82, 2.24) is 35.2 Å². The SMILES string of the molecule is C#CCNS(=O)(=O)c1ccc(C(=O)N[C@H](CC2CCCCC2)C(=O)N2C[C@@H](n3nncc3C(C)(C)O)C[C@H]2C(=O)NC2(C(=O)C(N)=O)CCOCC2)cc1. The van der Waals surface area contributed by atoms with Crippen LogP contribution < -0.4 is 21.1 Å². The molecule has 2 aliphatic heterocycles. The maximum atomic E-state index is 14.8. The Labute approximate surface area is 314 Å². The summed E-state index contributed by atoms with van der Waals surface area (Å²) >= 11 is 0. The quantitative estimate of drug-likeness (QED) is 0.127. The number of terminal acetylenes is 1. The van der Waals surface area contributed by atoms with Gasteiger partial charge in [0.05, 0.1) is 29.4 Å². The molecule has 1 aromatic carbocycles. The third-order valence-corrected chi connectivity index (χ3v) is 11.9. The van der Waals surface area contributed by atoms with Crippen LogP contribution in [0.3, 0.4) is 0 Å². The molecule has 17 nitrogen and oxygen atoms in total. The van der Waals surface area contributed by atoms with Crippen molar-refractivity contribution in [3.05, 3.63) is 41.7 Å². The Hall–Kier alpha value is -4.70. The summed E-state index contributed by atoms with van der Waals surface area (Å²) in [6, 6.07) is 2.25. The number of hydrogen-bond donors (Lipinski definition) is 5. The molecule has 18 heteroatoms. The minimum atomic E-state index is -3.91. The Balaban J connectivity index is 1.47. The van der Waals surface area contributed by atoms with Crippen molar-refractivity contribution in [3.8, 4) is 12.3 Å². The number of Topliss-reactive ketones (excluding diaryl/α,β-unsaturated/α-hetero) is 1. The van der Waals surface area contributed by atoms with Gasteiger partial charge in [0, 0.05) is 44.6 Å². The van der Waals surface area contributed by atoms with Crippen LogP contribution in [0.5, 0.6) is 0 Å². The number of aromatic nitrogens is 3. The normalized spacial score (nSPS) is 21.1. The Bertz CT molecular complexity index is 1870. The number of amides is 4. The van der Waals surface area contributed by atoms with Crippen LogP contribution in [0.25, 0.3) is 0 Å². The van der Waals surface area contributed by atoms with E-state index in [1.54, 1.807) is 13.8 Å². The molecule has 3 aliphatic rings. The number of sulfonamides is 1. The molecular formula is C36H48N8O9S. The number of ketones is 1. The summed E-state index contributed by atoms with van der Waals surface area (Å²) in [6.07, 6.45) is 11.5. The lowest BCUT2D eigenvalue weighted by Gasteiger charge is -2.37. The van der Waals surface area contributed by atoms with Crippen LogP contribution in [0.1, 0.15) is 93.7 Å². The predicted octanol–water partition coefficient (Wildman–Crippen LogP) is 0.0478. The molecule has 54 heavy (non-hydrogen) atoms. The van der Waals surface area contributed by atoms with Crippen LogP contribution >= 0.6 is 0 Å². The Morgan fingerprint density at radius 3 is 2.39 bits per heavy atom. The number of nitrogens with two attached hydrogens (primary N) is 1. The van der Waals surface area contributed by atoms with E-state index in [4.69, 9.17) is 16.9 Å². The number of rotatable bonds is 14. The van der Waals surface area contributed by atoms with Gasteiger partial charge in [0.15, 0.2) is 0 Å². The second-order valence-electron chi connectivity index (χ2n) is 14.7. The molecule has 2 aromatic rings. The molecule has 1 saturated carbocycles. The van der Waals surface area contributed by atoms with Crippen LogP contribution in [0.2, 0.25) is 0 Å². The molecule has 1 aliphatic carbocycles. The Morgan fingerprint density at radius 2 is 1.78 bits per heavy atom. The first-order chi connectivity index (χ1) is 25.6. The van der Waals surface area contributed by atoms with Gasteiger partial charge in [0.2, 0.25) is 27.6 Å². The van der Waals surface area contributed by atoms with E-state index in [2.05, 4.69) is 31.6 Å². The number of likely N-dealkylation sites (tertiary alicyclic amines) is 1. The fraction of sp³-hybridized carbons (Fsp3) is 0.583. The molecule has 3 atom stereocenters. The molecule has 5 rings (SSSR count). The molecule has 0 bridgehead atoms. The highest BCUT2D eigenvalue weighted by Gasteiger charge is 2.49. The van der Waals surface area contributed by atoms with Gasteiger partial charge in [-0.05, 0) is 50.5 Å². The number of aliphatic hydroxyl groups is 1. The first kappa shape index (κ1) is 40.5. The maximum absolute atomic E-state index is 14.8. The second-order valence-corrected chi connectivity index (χ2v) is 16.5. The van der Waals surface area contributed by atoms with E-state index in [1.807, 2.05) is 0 Å². The number of nitrogens with one attached hydrogen (secondary N) is 3. The van der Waals surface area contributed by atoms with Crippen molar-refractivity contribution >= 4 is 39.4 Å². The molecule has 3 fully saturated rings. The highest BCUT2D eigenvalue weighted by Crippen LogP contribution is 2.34. The van der Waals surface area contributed by atoms with Gasteiger partial charge in [0.1, 0.15) is 23.2 Å². The fourth-order valence-corrected chi connectivity index (χ4v) is 8.48. The van der Waals surface area contributed by atoms with E-state index in [9.17, 15) is 37.5 Å². The average Bonchev–Trinajstić information content (AvgIpc) is 3.83. The molecule has 0 radical (unpaired) electrons. The molecule has 4 amide bonds. The van der Waals surface area contributed by atoms with Crippen LogP contribution in [-0.2, 0) is 39.5 Å². The topological polar surface area (TPSA) is 245 Å². The average molecular weight is 769 g/mol. The second kappa shape index (κ2) is 16.8. The van der Waals surface area contributed by atoms with E-state index in [0.717, 1.165) is 32.1 Å². The van der Waals surface area contributed by atoms with E-state index in [0.29, 0.717) is 5.69 Å². The third kappa shape index (κ3) is 9.14. The van der Waals surface area contributed by atoms with Crippen LogP contribution in [0.15, 0.2) is 35.4 Å². The largest absolute Gasteiger partial charge is 0.384 e. The zero-order valence-electron chi connectivity index (χ0n) is 30.5. The summed E-state index contributed by atoms with van der Waals surface area (Å²) in [5.74, 6) is -1.77. The van der Waals surface area contributed by atoms with E-state index in [-0.39, 0.29) is 68.4 Å². The highest BCUT2D eigenvalue weighted by molar-refractivity contribution is 7.89. The summed E-state index contributed by atoms with van der Waals surface area (Å²) in [5, 5.41) is 24.6. The van der Waals surface area contributed by atoms with E-state index in [1.165, 1.54) is 40.0 Å². The Kier molecular flexibility index (Phi) is 12.6. The first-order valence-corrected chi connectivity index (χ1v) is 19.6. The minimum Gasteiger partial charge on any atom is -0.384 e. The van der Waals surface area contributed by atoms with Crippen molar-refractivity contribution in [3.63, 3.8) is 0 Å². The summed E-state index contributed by atoms with van der Waals surface area (Å²) in [4.78, 5) is 69.3. The van der Waals surface area contributed by atoms with Gasteiger partial charge in [-0.25, -0.2) is 13.1 Å². The lowest BCUT2D eigenvalue weighted by Crippen LogP contribution is -2.64. The molecule has 1 aromatic heterocycles. The summed E-state index contributed by atoms with van der Waals surface area (Å²) in [7, 11) is -3.91. The number of carbonyl (C=O) groups is 5. The maximum Gasteiger partial charge on any atom is 0.287 e. The van der Waals surface area contributed by atoms with Gasteiger partial charge >= 0.3 is 0 Å². The minimum absolute atomic E-state index is 0.00302. The zero-order valence-corrected chi connectivity index (χ0v) is 31.3. The van der Waals surface area contributed by atoms with Crippen molar-refractivity contribution in [2.45, 2.75) is 106 Å². The lowest BCUT2D eigenvalue weighted by molar-refractivity contribution is -0.147. The van der Waals surface area contributed by atoms with Gasteiger partial charge < -0.3 is 31.1 Å². The molecular weight excluding hydrogens is 721 g/mol. The number of hydrogen-bond acceptors (Lipinski definition) is 11. The predicted molar refractivity (Wildman–Crippen MR) is 192 cm³/mol. The van der Waals surface area contributed by atoms with E-state index < -0.39 is 68.7 Å². The van der Waals surface area contributed by atoms with Crippen molar-refractivity contribution in [2.24, 2.45) is 11.7 Å². The van der Waals surface area contributed by atoms with Crippen molar-refractivity contribution in [2.75, 3.05) is 26.3 Å². The number of primary amides is 1. The molecule has 292 valence electrons. The van der Waals surface area contributed by atoms with Crippen LogP contribution in [-0.4, -0.2) is 107 Å². The molecule has 0 spiro atoms. The zero-order chi connectivity index (χ0) is 39.3. The van der Waals surface area contributed by atoms with Gasteiger partial charge in [0.25, 0.3) is 11.8 Å². The number of ether oxygens (including phenoxy) is 1. The Morgan fingerprint density at radius 1 is 1.11 bits per heavy atom. The standard InChI is InChI=1S/C36H48N8O9S/c1-4-16-39-54(51,52)26-12-10-24(11-13-26)32(47)40-27(19-23-8-6-5-7-9-23)34(49)43-22-25(44-29(21-38-42-44)35(2,3)50)20-28(43)33(48)41-36(30(45)31(37)46)14-17-53-18-15-36/h1,10-13,21,23,25,27-28,39,50H,5-9,14-20,22H2,2-3H3,(H2,37,46)(H,40,47)(H,41,48)/t25-,27+,28-/m0/s1. The van der Waals surface area contributed by atoms with Crippen molar-refractivity contribution < 1.29 is 42.2 Å². The van der Waals surface area contributed by atoms with Crippen molar-refractivity contribution in [1.29, 1.82) is 0 Å². The van der Waals surface area contributed by atoms with E-state index >= 15 is 0 Å². The molecule has 3 heterocycles. The van der Waals surface area contributed by atoms with Crippen LogP contribution in [0, 0.1) is 18.3 Å². The summed E-state index contributed by atoms with van der Waals surface area (Å²) < 4.78 is 34.2. The van der Waals surface area contributed by atoms with Gasteiger partial charge in [-0.3, -0.25) is 24.0 Å². The number of carbonyl (C=O) groups excluding carboxylic acids is 5. The highest BCUT2D eigenvalue weighted by atomic mass is 32.2. The number of benzene rings is 1. The molecule has 2 saturated heterocycles. The molecule has 6 N–H and O–H groups in total. The monoisotopic (exact) mass is 768 g/mol.